The van der Waals surface area contributed by atoms with E-state index < -0.39 is 0 Å². The lowest BCUT2D eigenvalue weighted by Crippen LogP contribution is -2.06. The van der Waals surface area contributed by atoms with Crippen molar-refractivity contribution in [1.29, 1.82) is 0 Å². The third-order valence-corrected chi connectivity index (χ3v) is 3.46. The van der Waals surface area contributed by atoms with Crippen LogP contribution in [0.15, 0.2) is 45.5 Å². The molecule has 0 aliphatic heterocycles. The Morgan fingerprint density at radius 3 is 2.56 bits per heavy atom. The van der Waals surface area contributed by atoms with Gasteiger partial charge in [-0.1, -0.05) is 15.9 Å². The predicted molar refractivity (Wildman–Crippen MR) is 78.8 cm³/mol. The maximum absolute atomic E-state index is 5.74. The molecule has 0 bridgehead atoms. The summed E-state index contributed by atoms with van der Waals surface area (Å²) in [6, 6.07) is 9.39. The molecule has 5 heteroatoms. The average molecular weight is 372 g/mol. The average Bonchev–Trinajstić information content (AvgIpc) is 2.33. The smallest absolute Gasteiger partial charge is 0.145 e. The Balaban J connectivity index is 2.18. The van der Waals surface area contributed by atoms with Gasteiger partial charge in [0, 0.05) is 10.5 Å². The number of hydrogen-bond acceptors (Lipinski definition) is 3. The summed E-state index contributed by atoms with van der Waals surface area (Å²) in [5.74, 6) is 1.43. The van der Waals surface area contributed by atoms with Crippen molar-refractivity contribution in [1.82, 2.24) is 4.98 Å². The van der Waals surface area contributed by atoms with Crippen LogP contribution in [0, 0.1) is 0 Å². The molecule has 0 aliphatic rings. The molecular weight excluding hydrogens is 360 g/mol. The highest BCUT2D eigenvalue weighted by Crippen LogP contribution is 2.31. The van der Waals surface area contributed by atoms with E-state index in [0.29, 0.717) is 5.75 Å². The van der Waals surface area contributed by atoms with E-state index >= 15 is 0 Å². The van der Waals surface area contributed by atoms with E-state index in [2.05, 4.69) is 36.8 Å². The Labute approximate surface area is 123 Å². The summed E-state index contributed by atoms with van der Waals surface area (Å²) in [7, 11) is 0. The van der Waals surface area contributed by atoms with Crippen LogP contribution in [0.5, 0.6) is 11.5 Å². The first-order valence-corrected chi connectivity index (χ1v) is 6.99. The molecule has 2 N–H and O–H groups in total. The van der Waals surface area contributed by atoms with Crippen molar-refractivity contribution in [2.24, 2.45) is 5.73 Å². The molecule has 3 nitrogen and oxygen atoms in total. The highest BCUT2D eigenvalue weighted by atomic mass is 79.9. The van der Waals surface area contributed by atoms with Gasteiger partial charge >= 0.3 is 0 Å². The summed E-state index contributed by atoms with van der Waals surface area (Å²) in [6.45, 7) is 1.90. The van der Waals surface area contributed by atoms with Gasteiger partial charge < -0.3 is 10.5 Å². The minimum Gasteiger partial charge on any atom is -0.455 e. The van der Waals surface area contributed by atoms with Crippen molar-refractivity contribution in [2.45, 2.75) is 13.0 Å². The summed E-state index contributed by atoms with van der Waals surface area (Å²) >= 11 is 6.84. The van der Waals surface area contributed by atoms with Crippen LogP contribution < -0.4 is 10.5 Å². The van der Waals surface area contributed by atoms with Crippen molar-refractivity contribution in [3.05, 3.63) is 51.2 Å². The number of halogens is 2. The molecule has 18 heavy (non-hydrogen) atoms. The summed E-state index contributed by atoms with van der Waals surface area (Å²) in [4.78, 5) is 4.25. The highest BCUT2D eigenvalue weighted by molar-refractivity contribution is 9.11. The highest BCUT2D eigenvalue weighted by Gasteiger charge is 2.05. The van der Waals surface area contributed by atoms with Crippen LogP contribution in [0.25, 0.3) is 0 Å². The molecule has 0 amide bonds. The molecule has 2 rings (SSSR count). The first-order chi connectivity index (χ1) is 8.56. The number of rotatable bonds is 3. The molecule has 1 aromatic carbocycles. The first kappa shape index (κ1) is 13.5. The van der Waals surface area contributed by atoms with Crippen LogP contribution in [0.1, 0.15) is 18.7 Å². The van der Waals surface area contributed by atoms with E-state index in [0.717, 1.165) is 20.4 Å². The van der Waals surface area contributed by atoms with Gasteiger partial charge in [-0.3, -0.25) is 4.98 Å². The molecule has 0 radical (unpaired) electrons. The summed E-state index contributed by atoms with van der Waals surface area (Å²) in [5.41, 5.74) is 6.59. The monoisotopic (exact) mass is 370 g/mol. The number of benzene rings is 1. The topological polar surface area (TPSA) is 48.1 Å². The van der Waals surface area contributed by atoms with Crippen LogP contribution in [0.3, 0.4) is 0 Å². The summed E-state index contributed by atoms with van der Waals surface area (Å²) in [6.07, 6.45) is 1.67. The molecule has 0 unspecified atom stereocenters. The maximum Gasteiger partial charge on any atom is 0.145 e. The zero-order chi connectivity index (χ0) is 13.1. The van der Waals surface area contributed by atoms with Crippen LogP contribution in [-0.4, -0.2) is 4.98 Å². The SMILES string of the molecule is C[C@@H](N)c1ccc(Oc2ccc(Br)cc2Br)cn1. The Morgan fingerprint density at radius 2 is 2.00 bits per heavy atom. The minimum absolute atomic E-state index is 0.0709. The van der Waals surface area contributed by atoms with Crippen molar-refractivity contribution >= 4 is 31.9 Å². The lowest BCUT2D eigenvalue weighted by Gasteiger charge is -2.09. The molecule has 0 fully saturated rings. The van der Waals surface area contributed by atoms with E-state index in [4.69, 9.17) is 10.5 Å². The molecule has 0 saturated heterocycles. The maximum atomic E-state index is 5.74. The molecule has 0 aliphatic carbocycles. The summed E-state index contributed by atoms with van der Waals surface area (Å²) in [5, 5.41) is 0. The van der Waals surface area contributed by atoms with Crippen LogP contribution >= 0.6 is 31.9 Å². The molecule has 1 heterocycles. The molecule has 94 valence electrons. The number of aromatic nitrogens is 1. The normalized spacial score (nSPS) is 12.2. The van der Waals surface area contributed by atoms with Gasteiger partial charge in [-0.25, -0.2) is 0 Å². The summed E-state index contributed by atoms with van der Waals surface area (Å²) < 4.78 is 7.60. The predicted octanol–water partition coefficient (Wildman–Crippen LogP) is 4.42. The lowest BCUT2D eigenvalue weighted by molar-refractivity contribution is 0.476. The molecule has 2 aromatic rings. The lowest BCUT2D eigenvalue weighted by atomic mass is 10.2. The number of ether oxygens (including phenoxy) is 1. The van der Waals surface area contributed by atoms with Crippen LogP contribution in [0.4, 0.5) is 0 Å². The first-order valence-electron chi connectivity index (χ1n) is 5.40. The Morgan fingerprint density at radius 1 is 1.22 bits per heavy atom. The largest absolute Gasteiger partial charge is 0.455 e. The van der Waals surface area contributed by atoms with Gasteiger partial charge in [0.15, 0.2) is 0 Å². The molecule has 1 aromatic heterocycles. The van der Waals surface area contributed by atoms with Gasteiger partial charge in [0.25, 0.3) is 0 Å². The zero-order valence-electron chi connectivity index (χ0n) is 9.73. The standard InChI is InChI=1S/C13H12Br2N2O/c1-8(16)12-4-3-10(7-17-12)18-13-5-2-9(14)6-11(13)15/h2-8H,16H2,1H3/t8-/m1/s1. The van der Waals surface area contributed by atoms with E-state index in [1.54, 1.807) is 6.20 Å². The number of pyridine rings is 1. The van der Waals surface area contributed by atoms with E-state index in [1.165, 1.54) is 0 Å². The molecule has 0 saturated carbocycles. The number of hydrogen-bond donors (Lipinski definition) is 1. The number of nitrogens with zero attached hydrogens (tertiary/aromatic N) is 1. The molecule has 1 atom stereocenters. The van der Waals surface area contributed by atoms with Crippen molar-refractivity contribution in [2.75, 3.05) is 0 Å². The van der Waals surface area contributed by atoms with Crippen molar-refractivity contribution < 1.29 is 4.74 Å². The van der Waals surface area contributed by atoms with Gasteiger partial charge in [-0.2, -0.15) is 0 Å². The third kappa shape index (κ3) is 3.31. The molecular formula is C13H12Br2N2O. The van der Waals surface area contributed by atoms with Crippen molar-refractivity contribution in [3.63, 3.8) is 0 Å². The van der Waals surface area contributed by atoms with Gasteiger partial charge in [0.05, 0.1) is 16.4 Å². The quantitative estimate of drug-likeness (QED) is 0.868. The fraction of sp³-hybridized carbons (Fsp3) is 0.154. The second-order valence-corrected chi connectivity index (χ2v) is 5.65. The van der Waals surface area contributed by atoms with Gasteiger partial charge in [0.2, 0.25) is 0 Å². The van der Waals surface area contributed by atoms with Crippen molar-refractivity contribution in [3.8, 4) is 11.5 Å². The Kier molecular flexibility index (Phi) is 4.37. The third-order valence-electron chi connectivity index (χ3n) is 2.35. The fourth-order valence-corrected chi connectivity index (χ4v) is 2.53. The minimum atomic E-state index is -0.0709. The second-order valence-electron chi connectivity index (χ2n) is 3.88. The van der Waals surface area contributed by atoms with Gasteiger partial charge in [-0.15, -0.1) is 0 Å². The fourth-order valence-electron chi connectivity index (χ4n) is 1.41. The second kappa shape index (κ2) is 5.82. The van der Waals surface area contributed by atoms with E-state index in [-0.39, 0.29) is 6.04 Å². The van der Waals surface area contributed by atoms with Gasteiger partial charge in [0.1, 0.15) is 11.5 Å². The van der Waals surface area contributed by atoms with E-state index in [1.807, 2.05) is 37.3 Å². The van der Waals surface area contributed by atoms with E-state index in [9.17, 15) is 0 Å². The Bertz CT molecular complexity index is 541. The number of nitrogens with two attached hydrogens (primary N) is 1. The van der Waals surface area contributed by atoms with Crippen LogP contribution in [-0.2, 0) is 0 Å². The van der Waals surface area contributed by atoms with Gasteiger partial charge in [-0.05, 0) is 53.2 Å². The van der Waals surface area contributed by atoms with Crippen LogP contribution in [0.2, 0.25) is 0 Å². The Hall–Kier alpha value is -0.910. The molecule has 0 spiro atoms. The zero-order valence-corrected chi connectivity index (χ0v) is 12.9.